The van der Waals surface area contributed by atoms with E-state index in [1.54, 1.807) is 0 Å². The Bertz CT molecular complexity index is 586. The average molecular weight is 287 g/mol. The van der Waals surface area contributed by atoms with Gasteiger partial charge in [0.05, 0.1) is 6.04 Å². The molecule has 0 radical (unpaired) electrons. The van der Waals surface area contributed by atoms with Crippen molar-refractivity contribution in [3.8, 4) is 0 Å². The molecule has 0 aliphatic heterocycles. The van der Waals surface area contributed by atoms with Crippen LogP contribution in [0.4, 0.5) is 0 Å². The van der Waals surface area contributed by atoms with Crippen molar-refractivity contribution in [2.45, 2.75) is 39.2 Å². The number of para-hydroxylation sites is 1. The maximum absolute atomic E-state index is 12.1. The van der Waals surface area contributed by atoms with Gasteiger partial charge in [0.1, 0.15) is 0 Å². The van der Waals surface area contributed by atoms with Crippen LogP contribution in [0.2, 0.25) is 0 Å². The molecule has 1 aromatic carbocycles. The second-order valence-electron chi connectivity index (χ2n) is 5.60. The third kappa shape index (κ3) is 3.85. The van der Waals surface area contributed by atoms with Crippen LogP contribution in [-0.4, -0.2) is 23.5 Å². The fourth-order valence-electron chi connectivity index (χ4n) is 2.58. The van der Waals surface area contributed by atoms with Crippen LogP contribution in [0.3, 0.4) is 0 Å². The van der Waals surface area contributed by atoms with Crippen molar-refractivity contribution in [1.82, 2.24) is 10.3 Å². The lowest BCUT2D eigenvalue weighted by atomic mass is 10.0. The normalized spacial score (nSPS) is 12.8. The highest BCUT2D eigenvalue weighted by atomic mass is 16.2. The predicted molar refractivity (Wildman–Crippen MR) is 87.1 cm³/mol. The van der Waals surface area contributed by atoms with Gasteiger partial charge in [0.15, 0.2) is 0 Å². The molecule has 1 amide bonds. The first-order chi connectivity index (χ1) is 10.2. The SMILES string of the molecule is CCC(CC)CNC(=O)[C@@H](N)Cc1c[nH]c2ccccc12. The van der Waals surface area contributed by atoms with Gasteiger partial charge in [-0.25, -0.2) is 0 Å². The molecule has 0 saturated heterocycles. The summed E-state index contributed by atoms with van der Waals surface area (Å²) in [6, 6.07) is 7.56. The van der Waals surface area contributed by atoms with Crippen molar-refractivity contribution in [1.29, 1.82) is 0 Å². The molecule has 0 fully saturated rings. The first kappa shape index (κ1) is 15.6. The molecular weight excluding hydrogens is 262 g/mol. The maximum Gasteiger partial charge on any atom is 0.237 e. The van der Waals surface area contributed by atoms with Crippen LogP contribution in [0.15, 0.2) is 30.5 Å². The lowest BCUT2D eigenvalue weighted by Crippen LogP contribution is -2.43. The van der Waals surface area contributed by atoms with E-state index in [4.69, 9.17) is 5.73 Å². The Morgan fingerprint density at radius 1 is 1.29 bits per heavy atom. The molecule has 0 unspecified atom stereocenters. The summed E-state index contributed by atoms with van der Waals surface area (Å²) in [5.41, 5.74) is 8.22. The Kier molecular flexibility index (Phi) is 5.39. The molecule has 0 spiro atoms. The summed E-state index contributed by atoms with van der Waals surface area (Å²) in [4.78, 5) is 15.3. The van der Waals surface area contributed by atoms with Crippen LogP contribution in [0.25, 0.3) is 10.9 Å². The largest absolute Gasteiger partial charge is 0.361 e. The van der Waals surface area contributed by atoms with E-state index < -0.39 is 6.04 Å². The van der Waals surface area contributed by atoms with Crippen LogP contribution in [-0.2, 0) is 11.2 Å². The number of hydrogen-bond acceptors (Lipinski definition) is 2. The molecule has 1 aromatic heterocycles. The van der Waals surface area contributed by atoms with E-state index in [9.17, 15) is 4.79 Å². The Hall–Kier alpha value is -1.81. The zero-order valence-electron chi connectivity index (χ0n) is 12.9. The van der Waals surface area contributed by atoms with Crippen molar-refractivity contribution >= 4 is 16.8 Å². The van der Waals surface area contributed by atoms with Gasteiger partial charge in [0.2, 0.25) is 5.91 Å². The molecular formula is C17H25N3O. The fraction of sp³-hybridized carbons (Fsp3) is 0.471. The molecule has 21 heavy (non-hydrogen) atoms. The van der Waals surface area contributed by atoms with E-state index in [0.29, 0.717) is 18.9 Å². The summed E-state index contributed by atoms with van der Waals surface area (Å²) in [6.45, 7) is 5.01. The molecule has 0 bridgehead atoms. The standard InChI is InChI=1S/C17H25N3O/c1-3-12(4-2)10-20-17(21)15(18)9-13-11-19-16-8-6-5-7-14(13)16/h5-8,11-12,15,19H,3-4,9-10,18H2,1-2H3,(H,20,21)/t15-/m0/s1. The van der Waals surface area contributed by atoms with Crippen molar-refractivity contribution in [2.75, 3.05) is 6.54 Å². The Morgan fingerprint density at radius 2 is 2.00 bits per heavy atom. The number of rotatable bonds is 7. The van der Waals surface area contributed by atoms with Gasteiger partial charge >= 0.3 is 0 Å². The topological polar surface area (TPSA) is 70.9 Å². The van der Waals surface area contributed by atoms with Crippen molar-refractivity contribution in [3.05, 3.63) is 36.0 Å². The molecule has 1 heterocycles. The number of nitrogens with one attached hydrogen (secondary N) is 2. The molecule has 2 aromatic rings. The molecule has 4 nitrogen and oxygen atoms in total. The van der Waals surface area contributed by atoms with Crippen LogP contribution in [0.1, 0.15) is 32.3 Å². The quantitative estimate of drug-likeness (QED) is 0.732. The molecule has 2 rings (SSSR count). The summed E-state index contributed by atoms with van der Waals surface area (Å²) < 4.78 is 0. The van der Waals surface area contributed by atoms with Gasteiger partial charge in [-0.1, -0.05) is 44.9 Å². The molecule has 114 valence electrons. The fourth-order valence-corrected chi connectivity index (χ4v) is 2.58. The average Bonchev–Trinajstić information content (AvgIpc) is 2.91. The van der Waals surface area contributed by atoms with Crippen LogP contribution >= 0.6 is 0 Å². The number of benzene rings is 1. The highest BCUT2D eigenvalue weighted by Gasteiger charge is 2.16. The first-order valence-corrected chi connectivity index (χ1v) is 7.74. The number of aromatic nitrogens is 1. The lowest BCUT2D eigenvalue weighted by Gasteiger charge is -2.16. The highest BCUT2D eigenvalue weighted by Crippen LogP contribution is 2.18. The van der Waals surface area contributed by atoms with Gasteiger partial charge < -0.3 is 16.0 Å². The van der Waals surface area contributed by atoms with Gasteiger partial charge in [-0.15, -0.1) is 0 Å². The van der Waals surface area contributed by atoms with Crippen LogP contribution in [0, 0.1) is 5.92 Å². The van der Waals surface area contributed by atoms with Crippen molar-refractivity contribution < 1.29 is 4.79 Å². The summed E-state index contributed by atoms with van der Waals surface area (Å²) in [5.74, 6) is 0.474. The number of nitrogens with two attached hydrogens (primary N) is 1. The summed E-state index contributed by atoms with van der Waals surface area (Å²) in [6.07, 6.45) is 4.65. The lowest BCUT2D eigenvalue weighted by molar-refractivity contribution is -0.122. The van der Waals surface area contributed by atoms with E-state index in [1.807, 2.05) is 24.4 Å². The molecule has 4 N–H and O–H groups in total. The monoisotopic (exact) mass is 287 g/mol. The summed E-state index contributed by atoms with van der Waals surface area (Å²) in [5, 5.41) is 4.11. The van der Waals surface area contributed by atoms with Crippen LogP contribution < -0.4 is 11.1 Å². The minimum absolute atomic E-state index is 0.0628. The van der Waals surface area contributed by atoms with Gasteiger partial charge in [-0.2, -0.15) is 0 Å². The number of hydrogen-bond donors (Lipinski definition) is 3. The second kappa shape index (κ2) is 7.27. The number of carbonyl (C=O) groups excluding carboxylic acids is 1. The predicted octanol–water partition coefficient (Wildman–Crippen LogP) is 2.59. The van der Waals surface area contributed by atoms with Gasteiger partial charge in [-0.3, -0.25) is 4.79 Å². The summed E-state index contributed by atoms with van der Waals surface area (Å²) >= 11 is 0. The Morgan fingerprint density at radius 3 is 2.71 bits per heavy atom. The van der Waals surface area contributed by atoms with Crippen molar-refractivity contribution in [3.63, 3.8) is 0 Å². The number of carbonyl (C=O) groups is 1. The minimum Gasteiger partial charge on any atom is -0.361 e. The molecule has 0 saturated carbocycles. The van der Waals surface area contributed by atoms with E-state index in [1.165, 1.54) is 0 Å². The zero-order chi connectivity index (χ0) is 15.2. The third-order valence-corrected chi connectivity index (χ3v) is 4.17. The number of H-pyrrole nitrogens is 1. The van der Waals surface area contributed by atoms with Crippen molar-refractivity contribution in [2.24, 2.45) is 11.7 Å². The Balaban J connectivity index is 1.94. The minimum atomic E-state index is -0.501. The molecule has 0 aliphatic rings. The molecule has 0 aliphatic carbocycles. The van der Waals surface area contributed by atoms with E-state index in [0.717, 1.165) is 29.3 Å². The number of aromatic amines is 1. The number of amides is 1. The second-order valence-corrected chi connectivity index (χ2v) is 5.60. The molecule has 4 heteroatoms. The number of fused-ring (bicyclic) bond motifs is 1. The molecule has 1 atom stereocenters. The summed E-state index contributed by atoms with van der Waals surface area (Å²) in [7, 11) is 0. The maximum atomic E-state index is 12.1. The van der Waals surface area contributed by atoms with E-state index >= 15 is 0 Å². The van der Waals surface area contributed by atoms with E-state index in [-0.39, 0.29) is 5.91 Å². The zero-order valence-corrected chi connectivity index (χ0v) is 12.9. The third-order valence-electron chi connectivity index (χ3n) is 4.17. The smallest absolute Gasteiger partial charge is 0.237 e. The highest BCUT2D eigenvalue weighted by molar-refractivity contribution is 5.86. The van der Waals surface area contributed by atoms with Gasteiger partial charge in [0.25, 0.3) is 0 Å². The van der Waals surface area contributed by atoms with Crippen LogP contribution in [0.5, 0.6) is 0 Å². The van der Waals surface area contributed by atoms with Gasteiger partial charge in [-0.05, 0) is 24.0 Å². The first-order valence-electron chi connectivity index (χ1n) is 7.74. The van der Waals surface area contributed by atoms with E-state index in [2.05, 4.69) is 30.2 Å². The Labute approximate surface area is 126 Å². The van der Waals surface area contributed by atoms with Gasteiger partial charge in [0, 0.05) is 23.6 Å².